The standard InChI is InChI=1S/C15H16F3NS/c1-10-3-2-4-12(7-10)20-13-5-6-14(15(16,17)18)11(8-13)9-19/h5-6,8,10,12H,2-4,7H2,1H3. The lowest BCUT2D eigenvalue weighted by molar-refractivity contribution is -0.137. The van der Waals surface area contributed by atoms with Crippen molar-refractivity contribution < 1.29 is 13.2 Å². The Morgan fingerprint density at radius 1 is 1.30 bits per heavy atom. The molecule has 2 atom stereocenters. The van der Waals surface area contributed by atoms with Crippen LogP contribution in [0.5, 0.6) is 0 Å². The molecule has 0 aromatic heterocycles. The van der Waals surface area contributed by atoms with Crippen molar-refractivity contribution in [2.24, 2.45) is 5.92 Å². The SMILES string of the molecule is CC1CCCC(Sc2ccc(C(F)(F)F)c(C#N)c2)C1. The number of hydrogen-bond donors (Lipinski definition) is 0. The van der Waals surface area contributed by atoms with Gasteiger partial charge in [-0.1, -0.05) is 19.8 Å². The summed E-state index contributed by atoms with van der Waals surface area (Å²) in [6.07, 6.45) is 0.122. The summed E-state index contributed by atoms with van der Waals surface area (Å²) in [5, 5.41) is 9.34. The second kappa shape index (κ2) is 6.09. The molecular weight excluding hydrogens is 283 g/mol. The molecule has 5 heteroatoms. The molecule has 0 radical (unpaired) electrons. The van der Waals surface area contributed by atoms with Crippen LogP contribution in [0.15, 0.2) is 23.1 Å². The van der Waals surface area contributed by atoms with Crippen LogP contribution in [-0.4, -0.2) is 5.25 Å². The summed E-state index contributed by atoms with van der Waals surface area (Å²) in [6, 6.07) is 5.52. The Balaban J connectivity index is 2.16. The van der Waals surface area contributed by atoms with E-state index in [1.54, 1.807) is 17.8 Å². The van der Waals surface area contributed by atoms with Crippen molar-refractivity contribution in [3.63, 3.8) is 0 Å². The molecule has 1 aromatic carbocycles. The van der Waals surface area contributed by atoms with Crippen molar-refractivity contribution in [3.8, 4) is 6.07 Å². The highest BCUT2D eigenvalue weighted by Gasteiger charge is 2.33. The lowest BCUT2D eigenvalue weighted by atomic mass is 9.91. The highest BCUT2D eigenvalue weighted by molar-refractivity contribution is 8.00. The molecule has 2 rings (SSSR count). The fourth-order valence-electron chi connectivity index (χ4n) is 2.61. The number of alkyl halides is 3. The van der Waals surface area contributed by atoms with E-state index < -0.39 is 11.7 Å². The number of nitrogens with zero attached hydrogens (tertiary/aromatic N) is 1. The fraction of sp³-hybridized carbons (Fsp3) is 0.533. The van der Waals surface area contributed by atoms with Gasteiger partial charge in [-0.25, -0.2) is 0 Å². The van der Waals surface area contributed by atoms with Crippen molar-refractivity contribution in [3.05, 3.63) is 29.3 Å². The summed E-state index contributed by atoms with van der Waals surface area (Å²) in [4.78, 5) is 0.758. The molecule has 0 N–H and O–H groups in total. The molecule has 0 aliphatic heterocycles. The summed E-state index contributed by atoms with van der Waals surface area (Å²) >= 11 is 1.60. The minimum absolute atomic E-state index is 0.286. The largest absolute Gasteiger partial charge is 0.417 e. The highest BCUT2D eigenvalue weighted by atomic mass is 32.2. The van der Waals surface area contributed by atoms with E-state index in [2.05, 4.69) is 6.92 Å². The lowest BCUT2D eigenvalue weighted by Crippen LogP contribution is -2.15. The van der Waals surface area contributed by atoms with E-state index >= 15 is 0 Å². The summed E-state index contributed by atoms with van der Waals surface area (Å²) in [7, 11) is 0. The predicted octanol–water partition coefficient (Wildman–Crippen LogP) is 5.25. The molecule has 0 heterocycles. The third-order valence-corrected chi connectivity index (χ3v) is 4.90. The number of thioether (sulfide) groups is 1. The van der Waals surface area contributed by atoms with E-state index in [4.69, 9.17) is 5.26 Å². The maximum absolute atomic E-state index is 12.7. The van der Waals surface area contributed by atoms with Crippen LogP contribution in [0, 0.1) is 17.2 Å². The van der Waals surface area contributed by atoms with Crippen molar-refractivity contribution in [1.29, 1.82) is 5.26 Å². The summed E-state index contributed by atoms with van der Waals surface area (Å²) in [5.74, 6) is 0.672. The molecule has 0 bridgehead atoms. The normalized spacial score (nSPS) is 23.4. The van der Waals surface area contributed by atoms with Gasteiger partial charge in [-0.05, 0) is 37.0 Å². The molecule has 1 aliphatic rings. The number of benzene rings is 1. The van der Waals surface area contributed by atoms with E-state index in [-0.39, 0.29) is 5.56 Å². The first-order valence-corrected chi connectivity index (χ1v) is 7.56. The minimum Gasteiger partial charge on any atom is -0.192 e. The monoisotopic (exact) mass is 299 g/mol. The molecule has 0 spiro atoms. The Morgan fingerprint density at radius 3 is 2.65 bits per heavy atom. The molecule has 2 unspecified atom stereocenters. The number of halogens is 3. The van der Waals surface area contributed by atoms with Crippen LogP contribution in [0.25, 0.3) is 0 Å². The van der Waals surface area contributed by atoms with E-state index in [9.17, 15) is 13.2 Å². The third-order valence-electron chi connectivity index (χ3n) is 3.61. The average Bonchev–Trinajstić information content (AvgIpc) is 2.37. The first-order valence-electron chi connectivity index (χ1n) is 6.68. The summed E-state index contributed by atoms with van der Waals surface area (Å²) in [6.45, 7) is 2.21. The van der Waals surface area contributed by atoms with Crippen molar-refractivity contribution in [2.75, 3.05) is 0 Å². The Kier molecular flexibility index (Phi) is 4.64. The molecule has 0 amide bonds. The number of hydrogen-bond acceptors (Lipinski definition) is 2. The number of nitriles is 1. The molecule has 1 saturated carbocycles. The smallest absolute Gasteiger partial charge is 0.192 e. The molecule has 0 saturated heterocycles. The van der Waals surface area contributed by atoms with Gasteiger partial charge in [0.05, 0.1) is 17.2 Å². The Labute approximate surface area is 121 Å². The zero-order chi connectivity index (χ0) is 14.8. The minimum atomic E-state index is -4.46. The highest BCUT2D eigenvalue weighted by Crippen LogP contribution is 2.38. The van der Waals surface area contributed by atoms with Gasteiger partial charge in [-0.3, -0.25) is 0 Å². The van der Waals surface area contributed by atoms with Crippen LogP contribution < -0.4 is 0 Å². The van der Waals surface area contributed by atoms with Gasteiger partial charge in [0.2, 0.25) is 0 Å². The molecule has 1 aliphatic carbocycles. The first-order chi connectivity index (χ1) is 9.40. The van der Waals surface area contributed by atoms with Crippen LogP contribution in [0.1, 0.15) is 43.7 Å². The van der Waals surface area contributed by atoms with Gasteiger partial charge in [-0.15, -0.1) is 11.8 Å². The lowest BCUT2D eigenvalue weighted by Gasteiger charge is -2.26. The summed E-state index contributed by atoms with van der Waals surface area (Å²) in [5.41, 5.74) is -1.13. The van der Waals surface area contributed by atoms with Gasteiger partial charge in [0.1, 0.15) is 0 Å². The predicted molar refractivity (Wildman–Crippen MR) is 73.4 cm³/mol. The average molecular weight is 299 g/mol. The Hall–Kier alpha value is -1.15. The Bertz CT molecular complexity index is 519. The van der Waals surface area contributed by atoms with Crippen LogP contribution >= 0.6 is 11.8 Å². The topological polar surface area (TPSA) is 23.8 Å². The zero-order valence-corrected chi connectivity index (χ0v) is 12.0. The van der Waals surface area contributed by atoms with Gasteiger partial charge >= 0.3 is 6.18 Å². The quantitative estimate of drug-likeness (QED) is 0.745. The Morgan fingerprint density at radius 2 is 2.05 bits per heavy atom. The van der Waals surface area contributed by atoms with E-state index in [0.717, 1.165) is 23.8 Å². The van der Waals surface area contributed by atoms with E-state index in [0.29, 0.717) is 11.2 Å². The van der Waals surface area contributed by atoms with E-state index in [1.807, 2.05) is 0 Å². The maximum atomic E-state index is 12.7. The molecule has 1 nitrogen and oxygen atoms in total. The zero-order valence-electron chi connectivity index (χ0n) is 11.2. The molecule has 20 heavy (non-hydrogen) atoms. The van der Waals surface area contributed by atoms with Crippen molar-refractivity contribution >= 4 is 11.8 Å². The number of rotatable bonds is 2. The fourth-order valence-corrected chi connectivity index (χ4v) is 4.04. The van der Waals surface area contributed by atoms with Crippen molar-refractivity contribution in [1.82, 2.24) is 0 Å². The van der Waals surface area contributed by atoms with Gasteiger partial charge in [0.25, 0.3) is 0 Å². The van der Waals surface area contributed by atoms with Crippen LogP contribution in [0.4, 0.5) is 13.2 Å². The van der Waals surface area contributed by atoms with Gasteiger partial charge < -0.3 is 0 Å². The molecule has 108 valence electrons. The van der Waals surface area contributed by atoms with Crippen LogP contribution in [0.3, 0.4) is 0 Å². The van der Waals surface area contributed by atoms with Crippen molar-refractivity contribution in [2.45, 2.75) is 48.9 Å². The maximum Gasteiger partial charge on any atom is 0.417 e. The second-order valence-electron chi connectivity index (χ2n) is 5.33. The third kappa shape index (κ3) is 3.69. The van der Waals surface area contributed by atoms with Gasteiger partial charge in [0.15, 0.2) is 0 Å². The van der Waals surface area contributed by atoms with Gasteiger partial charge in [-0.2, -0.15) is 18.4 Å². The van der Waals surface area contributed by atoms with Crippen LogP contribution in [0.2, 0.25) is 0 Å². The molecular formula is C15H16F3NS. The van der Waals surface area contributed by atoms with Crippen LogP contribution in [-0.2, 0) is 6.18 Å². The van der Waals surface area contributed by atoms with E-state index in [1.165, 1.54) is 25.0 Å². The second-order valence-corrected chi connectivity index (χ2v) is 6.70. The summed E-state index contributed by atoms with van der Waals surface area (Å²) < 4.78 is 38.2. The molecule has 1 fully saturated rings. The van der Waals surface area contributed by atoms with Gasteiger partial charge in [0, 0.05) is 10.1 Å². The first kappa shape index (κ1) is 15.2. The molecule has 1 aromatic rings.